The van der Waals surface area contributed by atoms with Crippen molar-refractivity contribution < 1.29 is 4.42 Å². The number of benzene rings is 8. The fourth-order valence-corrected chi connectivity index (χ4v) is 8.32. The van der Waals surface area contributed by atoms with Crippen LogP contribution in [-0.2, 0) is 0 Å². The Morgan fingerprint density at radius 2 is 0.902 bits per heavy atom. The van der Waals surface area contributed by atoms with Crippen molar-refractivity contribution in [1.29, 1.82) is 0 Å². The van der Waals surface area contributed by atoms with Crippen LogP contribution in [0.4, 0.5) is 0 Å². The molecule has 0 fully saturated rings. The summed E-state index contributed by atoms with van der Waals surface area (Å²) in [4.78, 5) is 0. The number of furan rings is 1. The van der Waals surface area contributed by atoms with E-state index in [9.17, 15) is 0 Å². The van der Waals surface area contributed by atoms with Gasteiger partial charge in [-0.1, -0.05) is 127 Å². The van der Waals surface area contributed by atoms with Crippen LogP contribution >= 0.6 is 0 Å². The van der Waals surface area contributed by atoms with Crippen LogP contribution in [0, 0.1) is 0 Å². The summed E-state index contributed by atoms with van der Waals surface area (Å²) in [7, 11) is 0. The fourth-order valence-electron chi connectivity index (χ4n) is 8.32. The smallest absolute Gasteiger partial charge is 0.137 e. The van der Waals surface area contributed by atoms with Gasteiger partial charge in [0.2, 0.25) is 0 Å². The van der Waals surface area contributed by atoms with E-state index in [2.05, 4.69) is 191 Å². The number of fused-ring (bicyclic) bond motifs is 9. The van der Waals surface area contributed by atoms with E-state index in [4.69, 9.17) is 4.42 Å². The Hall–Kier alpha value is -6.84. The van der Waals surface area contributed by atoms with Crippen LogP contribution in [0.25, 0.3) is 99.2 Å². The minimum atomic E-state index is 0.875. The quantitative estimate of drug-likeness (QED) is 0.186. The van der Waals surface area contributed by atoms with Gasteiger partial charge in [-0.15, -0.1) is 0 Å². The second-order valence-electron chi connectivity index (χ2n) is 13.3. The van der Waals surface area contributed by atoms with Gasteiger partial charge in [0.05, 0.1) is 33.1 Å². The Morgan fingerprint density at radius 3 is 1.61 bits per heavy atom. The van der Waals surface area contributed by atoms with Crippen molar-refractivity contribution in [2.75, 3.05) is 0 Å². The van der Waals surface area contributed by atoms with E-state index >= 15 is 0 Å². The molecule has 0 atom stereocenters. The van der Waals surface area contributed by atoms with Crippen molar-refractivity contribution >= 4 is 65.6 Å². The highest BCUT2D eigenvalue weighted by atomic mass is 16.3. The molecule has 0 bridgehead atoms. The zero-order chi connectivity index (χ0) is 33.5. The molecule has 0 radical (unpaired) electrons. The molecule has 0 amide bonds. The largest absolute Gasteiger partial charge is 0.456 e. The van der Waals surface area contributed by atoms with Crippen LogP contribution in [-0.4, -0.2) is 9.13 Å². The molecule has 0 saturated carbocycles. The summed E-state index contributed by atoms with van der Waals surface area (Å²) in [5, 5.41) is 7.18. The molecule has 238 valence electrons. The van der Waals surface area contributed by atoms with Crippen molar-refractivity contribution in [2.24, 2.45) is 0 Å². The van der Waals surface area contributed by atoms with Crippen LogP contribution in [0.1, 0.15) is 0 Å². The van der Waals surface area contributed by atoms with Crippen molar-refractivity contribution in [3.8, 4) is 33.6 Å². The van der Waals surface area contributed by atoms with E-state index < -0.39 is 0 Å². The molecule has 3 heteroatoms. The Balaban J connectivity index is 1.15. The van der Waals surface area contributed by atoms with Gasteiger partial charge in [-0.05, 0) is 76.9 Å². The monoisotopic (exact) mass is 650 g/mol. The summed E-state index contributed by atoms with van der Waals surface area (Å²) >= 11 is 0. The predicted octanol–water partition coefficient (Wildman–Crippen LogP) is 13.1. The normalized spacial score (nSPS) is 11.9. The maximum absolute atomic E-state index is 6.68. The molecule has 11 aromatic rings. The summed E-state index contributed by atoms with van der Waals surface area (Å²) in [6, 6.07) is 65.4. The number of hydrogen-bond acceptors (Lipinski definition) is 1. The lowest BCUT2D eigenvalue weighted by Crippen LogP contribution is -1.97. The number of rotatable bonds is 4. The molecule has 0 unspecified atom stereocenters. The van der Waals surface area contributed by atoms with E-state index in [1.807, 2.05) is 0 Å². The summed E-state index contributed by atoms with van der Waals surface area (Å²) < 4.78 is 11.5. The number of nitrogens with zero attached hydrogens (tertiary/aromatic N) is 2. The van der Waals surface area contributed by atoms with Gasteiger partial charge in [-0.25, -0.2) is 0 Å². The highest BCUT2D eigenvalue weighted by Gasteiger charge is 2.20. The molecule has 0 spiro atoms. The minimum absolute atomic E-state index is 0.875. The zero-order valence-electron chi connectivity index (χ0n) is 27.6. The summed E-state index contributed by atoms with van der Waals surface area (Å²) in [6.07, 6.45) is 0. The maximum atomic E-state index is 6.68. The van der Waals surface area contributed by atoms with Crippen molar-refractivity contribution in [3.05, 3.63) is 182 Å². The average Bonchev–Trinajstić information content (AvgIpc) is 3.85. The molecule has 0 N–H and O–H groups in total. The van der Waals surface area contributed by atoms with Gasteiger partial charge in [0, 0.05) is 32.6 Å². The highest BCUT2D eigenvalue weighted by molar-refractivity contribution is 6.15. The summed E-state index contributed by atoms with van der Waals surface area (Å²) in [6.45, 7) is 0. The number of aromatic nitrogens is 2. The van der Waals surface area contributed by atoms with E-state index in [-0.39, 0.29) is 0 Å². The molecule has 3 nitrogen and oxygen atoms in total. The van der Waals surface area contributed by atoms with Crippen molar-refractivity contribution in [2.45, 2.75) is 0 Å². The average molecular weight is 651 g/mol. The Morgan fingerprint density at radius 1 is 0.333 bits per heavy atom. The molecular formula is C48H30N2O. The van der Waals surface area contributed by atoms with Gasteiger partial charge in [-0.2, -0.15) is 0 Å². The predicted molar refractivity (Wildman–Crippen MR) is 213 cm³/mol. The first-order valence-corrected chi connectivity index (χ1v) is 17.4. The fraction of sp³-hybridized carbons (Fsp3) is 0. The van der Waals surface area contributed by atoms with Crippen LogP contribution < -0.4 is 0 Å². The molecule has 3 aromatic heterocycles. The summed E-state index contributed by atoms with van der Waals surface area (Å²) in [5.74, 6) is 0. The lowest BCUT2D eigenvalue weighted by atomic mass is 9.94. The van der Waals surface area contributed by atoms with Gasteiger partial charge >= 0.3 is 0 Å². The molecule has 0 aliphatic carbocycles. The first kappa shape index (κ1) is 28.0. The first-order chi connectivity index (χ1) is 25.3. The topological polar surface area (TPSA) is 23.0 Å². The molecule has 0 saturated heterocycles. The Bertz CT molecular complexity index is 3090. The third-order valence-electron chi connectivity index (χ3n) is 10.5. The minimum Gasteiger partial charge on any atom is -0.456 e. The molecule has 11 rings (SSSR count). The SMILES string of the molecule is c1ccc(-c2ccccc2-c2ccc3c(c2)oc2cccc(-n4c5ccccc5c5ccc(-n6c7ccccc7c7ccccc76)cc54)c23)cc1. The Labute approximate surface area is 293 Å². The molecular weight excluding hydrogens is 621 g/mol. The second-order valence-corrected chi connectivity index (χ2v) is 13.3. The van der Waals surface area contributed by atoms with E-state index in [0.29, 0.717) is 0 Å². The van der Waals surface area contributed by atoms with Crippen LogP contribution in [0.3, 0.4) is 0 Å². The number of para-hydroxylation sites is 3. The van der Waals surface area contributed by atoms with Gasteiger partial charge in [0.25, 0.3) is 0 Å². The van der Waals surface area contributed by atoms with Crippen LogP contribution in [0.5, 0.6) is 0 Å². The standard InChI is InChI=1S/C48H30N2O/c1-2-13-31(14-3-1)34-15-4-5-16-35(34)32-25-27-40-47(29-32)51-46-24-12-23-44(48(40)46)50-43-22-11-8-19-38(43)39-28-26-33(30-45(39)50)49-41-20-9-6-17-36(41)37-18-7-10-21-42(37)49/h1-30H. The van der Waals surface area contributed by atoms with Gasteiger partial charge < -0.3 is 13.6 Å². The van der Waals surface area contributed by atoms with E-state index in [1.165, 1.54) is 54.8 Å². The van der Waals surface area contributed by atoms with Gasteiger partial charge in [0.1, 0.15) is 11.2 Å². The molecule has 8 aromatic carbocycles. The molecule has 51 heavy (non-hydrogen) atoms. The lowest BCUT2D eigenvalue weighted by molar-refractivity contribution is 0.669. The zero-order valence-corrected chi connectivity index (χ0v) is 27.6. The highest BCUT2D eigenvalue weighted by Crippen LogP contribution is 2.42. The van der Waals surface area contributed by atoms with Crippen LogP contribution in [0.15, 0.2) is 186 Å². The van der Waals surface area contributed by atoms with E-state index in [1.54, 1.807) is 0 Å². The first-order valence-electron chi connectivity index (χ1n) is 17.4. The van der Waals surface area contributed by atoms with Crippen molar-refractivity contribution in [3.63, 3.8) is 0 Å². The summed E-state index contributed by atoms with van der Waals surface area (Å²) in [5.41, 5.74) is 13.5. The lowest BCUT2D eigenvalue weighted by Gasteiger charge is -2.12. The third-order valence-corrected chi connectivity index (χ3v) is 10.5. The second kappa shape index (κ2) is 10.8. The number of hydrogen-bond donors (Lipinski definition) is 0. The molecule has 0 aliphatic rings. The molecule has 0 aliphatic heterocycles. The maximum Gasteiger partial charge on any atom is 0.137 e. The third kappa shape index (κ3) is 4.12. The van der Waals surface area contributed by atoms with Crippen LogP contribution in [0.2, 0.25) is 0 Å². The van der Waals surface area contributed by atoms with E-state index in [0.717, 1.165) is 44.4 Å². The Kier molecular flexibility index (Phi) is 5.96. The van der Waals surface area contributed by atoms with Crippen molar-refractivity contribution in [1.82, 2.24) is 9.13 Å². The van der Waals surface area contributed by atoms with Gasteiger partial charge in [0.15, 0.2) is 0 Å². The molecule has 3 heterocycles. The van der Waals surface area contributed by atoms with Gasteiger partial charge in [-0.3, -0.25) is 0 Å².